The van der Waals surface area contributed by atoms with Gasteiger partial charge in [-0.3, -0.25) is 9.89 Å². The van der Waals surface area contributed by atoms with Gasteiger partial charge in [-0.25, -0.2) is 4.98 Å². The van der Waals surface area contributed by atoms with Gasteiger partial charge in [-0.2, -0.15) is 0 Å². The molecule has 1 aromatic heterocycles. The quantitative estimate of drug-likeness (QED) is 0.594. The fraction of sp³-hybridized carbons (Fsp3) is 0.714. The molecule has 1 unspecified atom stereocenters. The summed E-state index contributed by atoms with van der Waals surface area (Å²) >= 11 is 0. The maximum Gasteiger partial charge on any atom is 0.191 e. The molecule has 1 aromatic rings. The summed E-state index contributed by atoms with van der Waals surface area (Å²) in [6.45, 7) is 8.58. The normalized spacial score (nSPS) is 21.9. The zero-order valence-corrected chi connectivity index (χ0v) is 17.1. The molecule has 6 nitrogen and oxygen atoms in total. The summed E-state index contributed by atoms with van der Waals surface area (Å²) in [5.74, 6) is 1.98. The zero-order chi connectivity index (χ0) is 18.9. The lowest BCUT2D eigenvalue weighted by molar-refractivity contribution is 0.267. The number of nitrogens with zero attached hydrogens (tertiary/aromatic N) is 4. The van der Waals surface area contributed by atoms with Crippen molar-refractivity contribution in [1.29, 1.82) is 0 Å². The molecule has 3 rings (SSSR count). The van der Waals surface area contributed by atoms with Gasteiger partial charge >= 0.3 is 0 Å². The minimum atomic E-state index is 0.628. The van der Waals surface area contributed by atoms with Gasteiger partial charge in [-0.05, 0) is 50.4 Å². The molecule has 0 aliphatic carbocycles. The number of likely N-dealkylation sites (tertiary alicyclic amines) is 1. The van der Waals surface area contributed by atoms with Gasteiger partial charge in [0.05, 0.1) is 0 Å². The Kier molecular flexibility index (Phi) is 7.75. The molecule has 2 saturated heterocycles. The van der Waals surface area contributed by atoms with Crippen LogP contribution in [-0.4, -0.2) is 61.7 Å². The minimum Gasteiger partial charge on any atom is -0.357 e. The second-order valence-corrected chi connectivity index (χ2v) is 7.66. The average Bonchev–Trinajstić information content (AvgIpc) is 2.99. The highest BCUT2D eigenvalue weighted by molar-refractivity contribution is 5.79. The number of anilines is 1. The first-order valence-corrected chi connectivity index (χ1v) is 10.7. The number of nitrogens with one attached hydrogen (secondary N) is 2. The van der Waals surface area contributed by atoms with E-state index >= 15 is 0 Å². The summed E-state index contributed by atoms with van der Waals surface area (Å²) in [5, 5.41) is 6.90. The van der Waals surface area contributed by atoms with E-state index in [2.05, 4.69) is 44.5 Å². The molecule has 0 bridgehead atoms. The van der Waals surface area contributed by atoms with E-state index in [1.807, 2.05) is 13.2 Å². The van der Waals surface area contributed by atoms with Crippen LogP contribution in [0.2, 0.25) is 0 Å². The molecule has 2 aliphatic heterocycles. The van der Waals surface area contributed by atoms with Gasteiger partial charge in [0, 0.05) is 45.5 Å². The lowest BCUT2D eigenvalue weighted by Gasteiger charge is -2.24. The molecule has 150 valence electrons. The molecule has 3 heterocycles. The highest BCUT2D eigenvalue weighted by Crippen LogP contribution is 2.17. The molecule has 0 aromatic carbocycles. The molecule has 0 amide bonds. The van der Waals surface area contributed by atoms with Crippen molar-refractivity contribution >= 4 is 11.8 Å². The van der Waals surface area contributed by atoms with E-state index in [1.54, 1.807) is 0 Å². The monoisotopic (exact) mass is 372 g/mol. The van der Waals surface area contributed by atoms with Crippen LogP contribution in [0.1, 0.15) is 51.0 Å². The molecule has 0 saturated carbocycles. The zero-order valence-electron chi connectivity index (χ0n) is 17.1. The third-order valence-electron chi connectivity index (χ3n) is 5.83. The van der Waals surface area contributed by atoms with Gasteiger partial charge < -0.3 is 15.5 Å². The molecule has 0 radical (unpaired) electrons. The predicted octanol–water partition coefficient (Wildman–Crippen LogP) is 2.61. The number of hydrogen-bond acceptors (Lipinski definition) is 4. The van der Waals surface area contributed by atoms with Crippen LogP contribution in [0.5, 0.6) is 0 Å². The van der Waals surface area contributed by atoms with E-state index < -0.39 is 0 Å². The number of rotatable bonds is 6. The third kappa shape index (κ3) is 5.83. The minimum absolute atomic E-state index is 0.628. The van der Waals surface area contributed by atoms with Crippen LogP contribution in [0.25, 0.3) is 0 Å². The summed E-state index contributed by atoms with van der Waals surface area (Å²) in [5.41, 5.74) is 1.19. The second-order valence-electron chi connectivity index (χ2n) is 7.66. The highest BCUT2D eigenvalue weighted by atomic mass is 15.2. The van der Waals surface area contributed by atoms with E-state index in [-0.39, 0.29) is 0 Å². The standard InChI is InChI=1S/C21H36N6/c1-3-26-14-8-9-19(26)17-25-21(22-2)24-16-18-10-11-20(23-15-18)27-12-6-4-5-7-13-27/h10-11,15,19H,3-9,12-14,16-17H2,1-2H3,(H2,22,24,25). The van der Waals surface area contributed by atoms with Crippen molar-refractivity contribution in [2.24, 2.45) is 4.99 Å². The Bertz CT molecular complexity index is 577. The fourth-order valence-corrected chi connectivity index (χ4v) is 4.17. The first kappa shape index (κ1) is 19.9. The molecule has 1 atom stereocenters. The van der Waals surface area contributed by atoms with Crippen molar-refractivity contribution in [3.8, 4) is 0 Å². The van der Waals surface area contributed by atoms with Gasteiger partial charge in [0.2, 0.25) is 0 Å². The van der Waals surface area contributed by atoms with E-state index in [4.69, 9.17) is 4.98 Å². The van der Waals surface area contributed by atoms with Crippen LogP contribution >= 0.6 is 0 Å². The Morgan fingerprint density at radius 2 is 1.93 bits per heavy atom. The summed E-state index contributed by atoms with van der Waals surface area (Å²) in [4.78, 5) is 14.0. The Morgan fingerprint density at radius 1 is 1.11 bits per heavy atom. The van der Waals surface area contributed by atoms with E-state index in [0.717, 1.165) is 44.5 Å². The van der Waals surface area contributed by atoms with Crippen molar-refractivity contribution in [2.45, 2.75) is 58.0 Å². The maximum atomic E-state index is 4.70. The molecule has 27 heavy (non-hydrogen) atoms. The summed E-state index contributed by atoms with van der Waals surface area (Å²) in [6, 6.07) is 4.97. The molecule has 0 spiro atoms. The lowest BCUT2D eigenvalue weighted by Crippen LogP contribution is -2.44. The number of aliphatic imine (C=N–C) groups is 1. The first-order valence-electron chi connectivity index (χ1n) is 10.7. The first-order chi connectivity index (χ1) is 13.3. The van der Waals surface area contributed by atoms with Crippen LogP contribution in [0.4, 0.5) is 5.82 Å². The lowest BCUT2D eigenvalue weighted by atomic mass is 10.2. The number of likely N-dealkylation sites (N-methyl/N-ethyl adjacent to an activating group) is 1. The molecule has 6 heteroatoms. The number of pyridine rings is 1. The van der Waals surface area contributed by atoms with Gasteiger partial charge in [0.1, 0.15) is 5.82 Å². The van der Waals surface area contributed by atoms with Gasteiger partial charge in [0.15, 0.2) is 5.96 Å². The van der Waals surface area contributed by atoms with Gasteiger partial charge in [-0.15, -0.1) is 0 Å². The Balaban J connectivity index is 1.45. The molecule has 2 aliphatic rings. The molecule has 2 N–H and O–H groups in total. The summed E-state index contributed by atoms with van der Waals surface area (Å²) in [7, 11) is 1.84. The topological polar surface area (TPSA) is 55.8 Å². The predicted molar refractivity (Wildman–Crippen MR) is 113 cm³/mol. The van der Waals surface area contributed by atoms with Crippen LogP contribution < -0.4 is 15.5 Å². The van der Waals surface area contributed by atoms with Crippen molar-refractivity contribution in [3.05, 3.63) is 23.9 Å². The van der Waals surface area contributed by atoms with Crippen LogP contribution in [-0.2, 0) is 6.54 Å². The summed E-state index contributed by atoms with van der Waals surface area (Å²) < 4.78 is 0. The van der Waals surface area contributed by atoms with Crippen LogP contribution in [0.15, 0.2) is 23.3 Å². The second kappa shape index (κ2) is 10.5. The van der Waals surface area contributed by atoms with E-state index in [0.29, 0.717) is 6.04 Å². The number of guanidine groups is 1. The number of aromatic nitrogens is 1. The van der Waals surface area contributed by atoms with E-state index in [1.165, 1.54) is 50.6 Å². The molecule has 2 fully saturated rings. The van der Waals surface area contributed by atoms with E-state index in [9.17, 15) is 0 Å². The number of hydrogen-bond donors (Lipinski definition) is 2. The fourth-order valence-electron chi connectivity index (χ4n) is 4.17. The van der Waals surface area contributed by atoms with Crippen molar-refractivity contribution in [1.82, 2.24) is 20.5 Å². The Morgan fingerprint density at radius 3 is 2.59 bits per heavy atom. The van der Waals surface area contributed by atoms with Crippen molar-refractivity contribution in [2.75, 3.05) is 44.7 Å². The van der Waals surface area contributed by atoms with Crippen LogP contribution in [0, 0.1) is 0 Å². The van der Waals surface area contributed by atoms with Gasteiger partial charge in [0.25, 0.3) is 0 Å². The van der Waals surface area contributed by atoms with Crippen LogP contribution in [0.3, 0.4) is 0 Å². The summed E-state index contributed by atoms with van der Waals surface area (Å²) in [6.07, 6.45) is 9.84. The highest BCUT2D eigenvalue weighted by Gasteiger charge is 2.22. The average molecular weight is 373 g/mol. The van der Waals surface area contributed by atoms with Crippen molar-refractivity contribution in [3.63, 3.8) is 0 Å². The Labute approximate surface area is 164 Å². The largest absolute Gasteiger partial charge is 0.357 e. The SMILES string of the molecule is CCN1CCCC1CNC(=NC)NCc1ccc(N2CCCCCC2)nc1. The van der Waals surface area contributed by atoms with Crippen molar-refractivity contribution < 1.29 is 0 Å². The third-order valence-corrected chi connectivity index (χ3v) is 5.83. The van der Waals surface area contributed by atoms with Gasteiger partial charge in [-0.1, -0.05) is 25.8 Å². The maximum absolute atomic E-state index is 4.70. The molecular weight excluding hydrogens is 336 g/mol. The smallest absolute Gasteiger partial charge is 0.191 e. The molecular formula is C21H36N6. The Hall–Kier alpha value is -1.82.